The van der Waals surface area contributed by atoms with Crippen molar-refractivity contribution in [2.45, 2.75) is 39.8 Å². The Balaban J connectivity index is 1.91. The van der Waals surface area contributed by atoms with Crippen LogP contribution in [0.1, 0.15) is 42.4 Å². The molecule has 2 unspecified atom stereocenters. The van der Waals surface area contributed by atoms with Gasteiger partial charge in [0, 0.05) is 24.4 Å². The molecule has 150 valence electrons. The quantitative estimate of drug-likeness (QED) is 0.718. The van der Waals surface area contributed by atoms with E-state index in [1.54, 1.807) is 24.8 Å². The van der Waals surface area contributed by atoms with E-state index < -0.39 is 6.04 Å². The Morgan fingerprint density at radius 2 is 1.79 bits per heavy atom. The normalized spacial score (nSPS) is 13.2. The summed E-state index contributed by atoms with van der Waals surface area (Å²) in [5.74, 6) is 0.168. The van der Waals surface area contributed by atoms with Gasteiger partial charge in [-0.25, -0.2) is 0 Å². The Labute approximate surface area is 165 Å². The third-order valence-electron chi connectivity index (χ3n) is 4.65. The van der Waals surface area contributed by atoms with Gasteiger partial charge in [-0.1, -0.05) is 12.1 Å². The van der Waals surface area contributed by atoms with Crippen molar-refractivity contribution in [1.29, 1.82) is 0 Å². The van der Waals surface area contributed by atoms with E-state index in [-0.39, 0.29) is 17.9 Å². The molecule has 28 heavy (non-hydrogen) atoms. The summed E-state index contributed by atoms with van der Waals surface area (Å²) in [6.07, 6.45) is 3.09. The van der Waals surface area contributed by atoms with E-state index in [9.17, 15) is 9.59 Å². The second kappa shape index (κ2) is 9.21. The summed E-state index contributed by atoms with van der Waals surface area (Å²) in [7, 11) is 3.47. The Morgan fingerprint density at radius 1 is 1.14 bits per heavy atom. The lowest BCUT2D eigenvalue weighted by atomic mass is 10.1. The molecule has 2 aromatic rings. The van der Waals surface area contributed by atoms with Gasteiger partial charge in [0.15, 0.2) is 0 Å². The fourth-order valence-electron chi connectivity index (χ4n) is 3.04. The van der Waals surface area contributed by atoms with E-state index in [1.165, 1.54) is 6.08 Å². The Hall–Kier alpha value is -3.09. The maximum atomic E-state index is 12.4. The lowest BCUT2D eigenvalue weighted by Gasteiger charge is -2.18. The van der Waals surface area contributed by atoms with Crippen LogP contribution in [0, 0.1) is 13.8 Å². The minimum Gasteiger partial charge on any atom is -0.497 e. The molecule has 0 aliphatic rings. The molecule has 0 spiro atoms. The largest absolute Gasteiger partial charge is 0.497 e. The van der Waals surface area contributed by atoms with Crippen LogP contribution in [-0.4, -0.2) is 34.7 Å². The van der Waals surface area contributed by atoms with Crippen LogP contribution < -0.4 is 15.4 Å². The van der Waals surface area contributed by atoms with Crippen molar-refractivity contribution in [3.63, 3.8) is 0 Å². The van der Waals surface area contributed by atoms with E-state index in [1.807, 2.05) is 52.1 Å². The van der Waals surface area contributed by atoms with E-state index in [0.29, 0.717) is 0 Å². The molecule has 1 aromatic heterocycles. The fourth-order valence-corrected chi connectivity index (χ4v) is 3.04. The number of carbonyl (C=O) groups excluding carboxylic acids is 2. The van der Waals surface area contributed by atoms with Gasteiger partial charge in [-0.15, -0.1) is 0 Å². The number of nitrogens with one attached hydrogen (secondary N) is 2. The Kier molecular flexibility index (Phi) is 6.98. The van der Waals surface area contributed by atoms with Crippen molar-refractivity contribution in [2.24, 2.45) is 7.05 Å². The van der Waals surface area contributed by atoms with Gasteiger partial charge in [0.2, 0.25) is 11.8 Å². The van der Waals surface area contributed by atoms with Crippen LogP contribution >= 0.6 is 0 Å². The molecule has 0 aliphatic carbocycles. The topological polar surface area (TPSA) is 85.2 Å². The van der Waals surface area contributed by atoms with Crippen molar-refractivity contribution >= 4 is 17.9 Å². The Morgan fingerprint density at radius 3 is 2.32 bits per heavy atom. The molecule has 2 amide bonds. The standard InChI is InChI=1S/C21H28N4O3/c1-13(20-14(2)24-25(5)16(20)4)23-21(27)15(3)22-19(26)12-9-17-7-10-18(28-6)11-8-17/h7-13,15H,1-6H3,(H,22,26)(H,23,27)/b12-9+. The molecule has 2 atom stereocenters. The predicted octanol–water partition coefficient (Wildman–Crippen LogP) is 2.44. The molecular formula is C21H28N4O3. The van der Waals surface area contributed by atoms with E-state index >= 15 is 0 Å². The van der Waals surface area contributed by atoms with Crippen LogP contribution in [0.25, 0.3) is 6.08 Å². The minimum atomic E-state index is -0.659. The summed E-state index contributed by atoms with van der Waals surface area (Å²) in [4.78, 5) is 24.6. The monoisotopic (exact) mass is 384 g/mol. The molecule has 0 aliphatic heterocycles. The summed E-state index contributed by atoms with van der Waals surface area (Å²) in [5, 5.41) is 9.99. The first-order valence-corrected chi connectivity index (χ1v) is 9.16. The molecule has 0 fully saturated rings. The number of ether oxygens (including phenoxy) is 1. The number of amides is 2. The second-order valence-corrected chi connectivity index (χ2v) is 6.78. The highest BCUT2D eigenvalue weighted by Gasteiger charge is 2.21. The number of rotatable bonds is 7. The first-order valence-electron chi connectivity index (χ1n) is 9.16. The molecule has 7 nitrogen and oxygen atoms in total. The molecule has 0 bridgehead atoms. The first kappa shape index (κ1) is 21.2. The number of hydrogen-bond donors (Lipinski definition) is 2. The summed E-state index contributed by atoms with van der Waals surface area (Å²) < 4.78 is 6.89. The predicted molar refractivity (Wildman–Crippen MR) is 109 cm³/mol. The van der Waals surface area contributed by atoms with Crippen molar-refractivity contribution in [3.05, 3.63) is 52.9 Å². The number of nitrogens with zero attached hydrogens (tertiary/aromatic N) is 2. The molecular weight excluding hydrogens is 356 g/mol. The van der Waals surface area contributed by atoms with Crippen molar-refractivity contribution in [1.82, 2.24) is 20.4 Å². The maximum absolute atomic E-state index is 12.4. The summed E-state index contributed by atoms with van der Waals surface area (Å²) in [6.45, 7) is 7.45. The second-order valence-electron chi connectivity index (χ2n) is 6.78. The molecule has 2 rings (SSSR count). The summed E-state index contributed by atoms with van der Waals surface area (Å²) in [6, 6.07) is 6.47. The lowest BCUT2D eigenvalue weighted by molar-refractivity contribution is -0.127. The number of hydrogen-bond acceptors (Lipinski definition) is 4. The minimum absolute atomic E-state index is 0.199. The van der Waals surface area contributed by atoms with Crippen LogP contribution in [0.3, 0.4) is 0 Å². The first-order chi connectivity index (χ1) is 13.2. The molecule has 1 heterocycles. The third-order valence-corrected chi connectivity index (χ3v) is 4.65. The van der Waals surface area contributed by atoms with Gasteiger partial charge in [-0.05, 0) is 51.5 Å². The Bertz CT molecular complexity index is 869. The molecule has 2 N–H and O–H groups in total. The molecule has 7 heteroatoms. The van der Waals surface area contributed by atoms with Crippen LogP contribution in [0.5, 0.6) is 5.75 Å². The SMILES string of the molecule is COc1ccc(/C=C/C(=O)NC(C)C(=O)NC(C)c2c(C)nn(C)c2C)cc1. The van der Waals surface area contributed by atoms with Gasteiger partial charge in [0.25, 0.3) is 0 Å². The average Bonchev–Trinajstić information content (AvgIpc) is 2.92. The number of benzene rings is 1. The van der Waals surface area contributed by atoms with Crippen molar-refractivity contribution < 1.29 is 14.3 Å². The van der Waals surface area contributed by atoms with Crippen molar-refractivity contribution in [2.75, 3.05) is 7.11 Å². The van der Waals surface area contributed by atoms with Gasteiger partial charge in [0.1, 0.15) is 11.8 Å². The number of aryl methyl sites for hydroxylation is 2. The van der Waals surface area contributed by atoms with Crippen LogP contribution in [0.15, 0.2) is 30.3 Å². The van der Waals surface area contributed by atoms with E-state index in [0.717, 1.165) is 28.3 Å². The van der Waals surface area contributed by atoms with Crippen LogP contribution in [-0.2, 0) is 16.6 Å². The average molecular weight is 384 g/mol. The highest BCUT2D eigenvalue weighted by molar-refractivity contribution is 5.95. The highest BCUT2D eigenvalue weighted by Crippen LogP contribution is 2.20. The number of aromatic nitrogens is 2. The fraction of sp³-hybridized carbons (Fsp3) is 0.381. The number of methoxy groups -OCH3 is 1. The van der Waals surface area contributed by atoms with E-state index in [4.69, 9.17) is 4.74 Å². The van der Waals surface area contributed by atoms with Gasteiger partial charge < -0.3 is 15.4 Å². The van der Waals surface area contributed by atoms with E-state index in [2.05, 4.69) is 15.7 Å². The summed E-state index contributed by atoms with van der Waals surface area (Å²) in [5.41, 5.74) is 3.74. The zero-order valence-electron chi connectivity index (χ0n) is 17.2. The smallest absolute Gasteiger partial charge is 0.244 e. The van der Waals surface area contributed by atoms with Gasteiger partial charge >= 0.3 is 0 Å². The highest BCUT2D eigenvalue weighted by atomic mass is 16.5. The van der Waals surface area contributed by atoms with Crippen molar-refractivity contribution in [3.8, 4) is 5.75 Å². The lowest BCUT2D eigenvalue weighted by Crippen LogP contribution is -2.45. The molecule has 1 aromatic carbocycles. The number of carbonyl (C=O) groups is 2. The zero-order valence-corrected chi connectivity index (χ0v) is 17.2. The van der Waals surface area contributed by atoms with Gasteiger partial charge in [0.05, 0.1) is 18.8 Å². The summed E-state index contributed by atoms with van der Waals surface area (Å²) >= 11 is 0. The maximum Gasteiger partial charge on any atom is 0.244 e. The van der Waals surface area contributed by atoms with Gasteiger partial charge in [-0.2, -0.15) is 5.10 Å². The zero-order chi connectivity index (χ0) is 20.8. The molecule has 0 saturated heterocycles. The van der Waals surface area contributed by atoms with Gasteiger partial charge in [-0.3, -0.25) is 14.3 Å². The molecule has 0 saturated carbocycles. The van der Waals surface area contributed by atoms with Crippen LogP contribution in [0.4, 0.5) is 0 Å². The molecule has 0 radical (unpaired) electrons. The third kappa shape index (κ3) is 5.22. The van der Waals surface area contributed by atoms with Crippen LogP contribution in [0.2, 0.25) is 0 Å².